The minimum absolute atomic E-state index is 0.0343. The van der Waals surface area contributed by atoms with Gasteiger partial charge in [0.25, 0.3) is 0 Å². The molecular weight excluding hydrogens is 282 g/mol. The van der Waals surface area contributed by atoms with Crippen molar-refractivity contribution in [3.05, 3.63) is 30.4 Å². The molecule has 0 N–H and O–H groups in total. The van der Waals surface area contributed by atoms with Crippen LogP contribution in [0.15, 0.2) is 24.8 Å². The predicted molar refractivity (Wildman–Crippen MR) is 81.2 cm³/mol. The fraction of sp³-hybridized carbons (Fsp3) is 0.467. The first kappa shape index (κ1) is 14.5. The number of hydrogen-bond donors (Lipinski definition) is 0. The van der Waals surface area contributed by atoms with E-state index in [2.05, 4.69) is 24.8 Å². The van der Waals surface area contributed by atoms with E-state index in [0.29, 0.717) is 11.8 Å². The van der Waals surface area contributed by atoms with Crippen molar-refractivity contribution in [2.24, 2.45) is 0 Å². The largest absolute Gasteiger partial charge is 0.494 e. The maximum absolute atomic E-state index is 5.86. The summed E-state index contributed by atoms with van der Waals surface area (Å²) in [5, 5.41) is 0. The number of aryl methyl sites for hydroxylation is 1. The number of piperidine rings is 1. The zero-order valence-corrected chi connectivity index (χ0v) is 12.8. The lowest BCUT2D eigenvalue weighted by atomic mass is 10.1. The number of anilines is 1. The molecule has 2 aromatic rings. The van der Waals surface area contributed by atoms with E-state index in [1.54, 1.807) is 19.5 Å². The second-order valence-corrected chi connectivity index (χ2v) is 5.29. The summed E-state index contributed by atoms with van der Waals surface area (Å²) >= 11 is 0. The van der Waals surface area contributed by atoms with Crippen LogP contribution in [-0.2, 0) is 0 Å². The lowest BCUT2D eigenvalue weighted by Crippen LogP contribution is -2.42. The van der Waals surface area contributed by atoms with Crippen LogP contribution in [0.4, 0.5) is 5.95 Å². The van der Waals surface area contributed by atoms with Gasteiger partial charge in [-0.2, -0.15) is 9.97 Å². The molecule has 1 aliphatic rings. The number of hydrogen-bond acceptors (Lipinski definition) is 7. The van der Waals surface area contributed by atoms with Gasteiger partial charge in [0.2, 0.25) is 5.95 Å². The van der Waals surface area contributed by atoms with Crippen molar-refractivity contribution in [1.29, 1.82) is 0 Å². The van der Waals surface area contributed by atoms with Gasteiger partial charge in [-0.05, 0) is 25.3 Å². The molecule has 1 aliphatic heterocycles. The number of methoxy groups -OCH3 is 1. The zero-order valence-electron chi connectivity index (χ0n) is 12.8. The van der Waals surface area contributed by atoms with Crippen LogP contribution in [0, 0.1) is 6.92 Å². The summed E-state index contributed by atoms with van der Waals surface area (Å²) < 4.78 is 10.9. The second-order valence-electron chi connectivity index (χ2n) is 5.29. The minimum atomic E-state index is 0.0343. The van der Waals surface area contributed by atoms with Gasteiger partial charge in [-0.3, -0.25) is 0 Å². The molecule has 0 aliphatic carbocycles. The van der Waals surface area contributed by atoms with Crippen molar-refractivity contribution in [1.82, 2.24) is 19.9 Å². The predicted octanol–water partition coefficient (Wildman–Crippen LogP) is 1.63. The fourth-order valence-corrected chi connectivity index (χ4v) is 2.38. The topological polar surface area (TPSA) is 73.3 Å². The summed E-state index contributed by atoms with van der Waals surface area (Å²) in [5.74, 6) is 1.36. The highest BCUT2D eigenvalue weighted by Gasteiger charge is 2.23. The average Bonchev–Trinajstić information content (AvgIpc) is 2.56. The van der Waals surface area contributed by atoms with Crippen LogP contribution in [0.1, 0.15) is 18.4 Å². The Morgan fingerprint density at radius 1 is 1.09 bits per heavy atom. The Morgan fingerprint density at radius 2 is 1.82 bits per heavy atom. The molecule has 0 radical (unpaired) electrons. The molecule has 1 saturated heterocycles. The van der Waals surface area contributed by atoms with Gasteiger partial charge in [0.1, 0.15) is 6.10 Å². The molecule has 0 aromatic carbocycles. The molecule has 1 fully saturated rings. The Bertz CT molecular complexity index is 602. The van der Waals surface area contributed by atoms with Crippen LogP contribution < -0.4 is 14.4 Å². The molecule has 2 aromatic heterocycles. The molecule has 3 heterocycles. The molecular formula is C15H19N5O2. The van der Waals surface area contributed by atoms with Crippen LogP contribution in [0.3, 0.4) is 0 Å². The smallest absolute Gasteiger partial charge is 0.316 e. The monoisotopic (exact) mass is 301 g/mol. The molecule has 3 rings (SSSR count). The fourth-order valence-electron chi connectivity index (χ4n) is 2.38. The van der Waals surface area contributed by atoms with Gasteiger partial charge < -0.3 is 14.4 Å². The lowest BCUT2D eigenvalue weighted by molar-refractivity contribution is 0.163. The van der Waals surface area contributed by atoms with Gasteiger partial charge in [-0.15, -0.1) is 0 Å². The average molecular weight is 301 g/mol. The summed E-state index contributed by atoms with van der Waals surface area (Å²) in [6.45, 7) is 3.65. The summed E-state index contributed by atoms with van der Waals surface area (Å²) in [6.07, 6.45) is 8.90. The van der Waals surface area contributed by atoms with Crippen LogP contribution in [0.25, 0.3) is 0 Å². The first-order valence-corrected chi connectivity index (χ1v) is 7.31. The number of nitrogens with zero attached hydrogens (tertiary/aromatic N) is 5. The maximum Gasteiger partial charge on any atom is 0.316 e. The Morgan fingerprint density at radius 3 is 2.50 bits per heavy atom. The van der Waals surface area contributed by atoms with E-state index in [1.165, 1.54) is 0 Å². The highest BCUT2D eigenvalue weighted by Crippen LogP contribution is 2.19. The van der Waals surface area contributed by atoms with Gasteiger partial charge >= 0.3 is 6.01 Å². The molecule has 0 spiro atoms. The number of rotatable bonds is 4. The standard InChI is InChI=1S/C15H19N5O2/c1-11-6-16-14(17-7-11)20-5-3-4-12(10-20)22-15-18-8-13(21-2)9-19-15/h6-9,12H,3-5,10H2,1-2H3. The van der Waals surface area contributed by atoms with Crippen LogP contribution >= 0.6 is 0 Å². The maximum atomic E-state index is 5.86. The van der Waals surface area contributed by atoms with Gasteiger partial charge in [0.05, 0.1) is 26.0 Å². The van der Waals surface area contributed by atoms with Crippen LogP contribution in [0.2, 0.25) is 0 Å². The van der Waals surface area contributed by atoms with Gasteiger partial charge in [0.15, 0.2) is 5.75 Å². The lowest BCUT2D eigenvalue weighted by Gasteiger charge is -2.32. The third-order valence-corrected chi connectivity index (χ3v) is 3.54. The normalized spacial score (nSPS) is 18.1. The molecule has 1 unspecified atom stereocenters. The van der Waals surface area contributed by atoms with Crippen molar-refractivity contribution in [2.75, 3.05) is 25.1 Å². The van der Waals surface area contributed by atoms with E-state index >= 15 is 0 Å². The van der Waals surface area contributed by atoms with Crippen LogP contribution in [0.5, 0.6) is 11.8 Å². The molecule has 7 nitrogen and oxygen atoms in total. The molecule has 0 bridgehead atoms. The van der Waals surface area contributed by atoms with E-state index in [-0.39, 0.29) is 6.10 Å². The summed E-state index contributed by atoms with van der Waals surface area (Å²) in [5.41, 5.74) is 1.06. The Kier molecular flexibility index (Phi) is 4.32. The first-order chi connectivity index (χ1) is 10.7. The molecule has 0 saturated carbocycles. The van der Waals surface area contributed by atoms with E-state index in [4.69, 9.17) is 9.47 Å². The van der Waals surface area contributed by atoms with Crippen molar-refractivity contribution >= 4 is 5.95 Å². The third-order valence-electron chi connectivity index (χ3n) is 3.54. The molecule has 22 heavy (non-hydrogen) atoms. The Hall–Kier alpha value is -2.44. The summed E-state index contributed by atoms with van der Waals surface area (Å²) in [7, 11) is 1.58. The zero-order chi connectivity index (χ0) is 15.4. The van der Waals surface area contributed by atoms with Gasteiger partial charge in [0, 0.05) is 18.9 Å². The summed E-state index contributed by atoms with van der Waals surface area (Å²) in [6, 6.07) is 0.373. The minimum Gasteiger partial charge on any atom is -0.494 e. The van der Waals surface area contributed by atoms with E-state index in [0.717, 1.165) is 37.4 Å². The quantitative estimate of drug-likeness (QED) is 0.849. The van der Waals surface area contributed by atoms with Crippen molar-refractivity contribution in [3.8, 4) is 11.8 Å². The van der Waals surface area contributed by atoms with E-state index in [1.807, 2.05) is 19.3 Å². The highest BCUT2D eigenvalue weighted by atomic mass is 16.5. The third kappa shape index (κ3) is 3.41. The first-order valence-electron chi connectivity index (χ1n) is 7.31. The second kappa shape index (κ2) is 6.55. The molecule has 1 atom stereocenters. The molecule has 7 heteroatoms. The highest BCUT2D eigenvalue weighted by molar-refractivity contribution is 5.30. The number of ether oxygens (including phenoxy) is 2. The Labute approximate surface area is 129 Å². The van der Waals surface area contributed by atoms with Crippen LogP contribution in [-0.4, -0.2) is 46.2 Å². The van der Waals surface area contributed by atoms with Crippen molar-refractivity contribution in [3.63, 3.8) is 0 Å². The van der Waals surface area contributed by atoms with E-state index in [9.17, 15) is 0 Å². The van der Waals surface area contributed by atoms with E-state index < -0.39 is 0 Å². The summed E-state index contributed by atoms with van der Waals surface area (Å²) in [4.78, 5) is 19.2. The van der Waals surface area contributed by atoms with Crippen molar-refractivity contribution < 1.29 is 9.47 Å². The SMILES string of the molecule is COc1cnc(OC2CCCN(c3ncc(C)cn3)C2)nc1. The van der Waals surface area contributed by atoms with Crippen molar-refractivity contribution in [2.45, 2.75) is 25.9 Å². The Balaban J connectivity index is 1.63. The molecule has 0 amide bonds. The van der Waals surface area contributed by atoms with Gasteiger partial charge in [-0.1, -0.05) is 0 Å². The number of aromatic nitrogens is 4. The van der Waals surface area contributed by atoms with Gasteiger partial charge in [-0.25, -0.2) is 9.97 Å². The molecule has 116 valence electrons.